The Morgan fingerprint density at radius 1 is 0.364 bits per heavy atom. The van der Waals surface area contributed by atoms with Crippen molar-refractivity contribution in [2.45, 2.75) is 127 Å². The number of hydrogen-bond acceptors (Lipinski definition) is 0. The van der Waals surface area contributed by atoms with Crippen molar-refractivity contribution in [3.63, 3.8) is 0 Å². The minimum absolute atomic E-state index is 1.34. The molecule has 0 fully saturated rings. The van der Waals surface area contributed by atoms with Gasteiger partial charge in [0.1, 0.15) is 0 Å². The van der Waals surface area contributed by atoms with E-state index in [9.17, 15) is 0 Å². The Balaban J connectivity index is 0. The van der Waals surface area contributed by atoms with E-state index in [0.717, 1.165) is 0 Å². The molecule has 0 amide bonds. The van der Waals surface area contributed by atoms with E-state index in [-0.39, 0.29) is 0 Å². The second-order valence-electron chi connectivity index (χ2n) is 6.95. The molecule has 0 aliphatic heterocycles. The fourth-order valence-electron chi connectivity index (χ4n) is 2.80. The summed E-state index contributed by atoms with van der Waals surface area (Å²) in [5, 5.41) is 2.72. The monoisotopic (exact) mass is 296 g/mol. The summed E-state index contributed by atoms with van der Waals surface area (Å²) in [5.74, 6) is 0. The van der Waals surface area contributed by atoms with Crippen LogP contribution in [0.5, 0.6) is 0 Å². The van der Waals surface area contributed by atoms with Gasteiger partial charge in [0, 0.05) is 0 Å². The third kappa shape index (κ3) is 29.2. The van der Waals surface area contributed by atoms with Crippen LogP contribution in [0, 0.1) is 0 Å². The first-order valence-electron chi connectivity index (χ1n) is 10.8. The first-order valence-corrected chi connectivity index (χ1v) is 10.8. The molecular formula is C20H42Li2. The van der Waals surface area contributed by atoms with Crippen molar-refractivity contribution >= 4 is 35.4 Å². The molecule has 0 radical (unpaired) electrons. The Morgan fingerprint density at radius 3 is 0.864 bits per heavy atom. The Labute approximate surface area is 161 Å². The van der Waals surface area contributed by atoms with Gasteiger partial charge in [-0.05, 0) is 0 Å². The van der Waals surface area contributed by atoms with E-state index in [1.54, 1.807) is 0 Å². The zero-order valence-electron chi connectivity index (χ0n) is 16.7. The summed E-state index contributed by atoms with van der Waals surface area (Å²) in [4.78, 5) is 0. The van der Waals surface area contributed by atoms with E-state index in [1.807, 2.05) is 0 Å². The molecule has 0 aromatic carbocycles. The zero-order chi connectivity index (χ0) is 16.7. The molecule has 2 heteroatoms. The van der Waals surface area contributed by atoms with Gasteiger partial charge >= 0.3 is 136 Å². The average Bonchev–Trinajstić information content (AvgIpc) is 2.53. The van der Waals surface area contributed by atoms with Gasteiger partial charge in [0.15, 0.2) is 0 Å². The van der Waals surface area contributed by atoms with Crippen LogP contribution in [0.15, 0.2) is 0 Å². The molecule has 0 N–H and O–H groups in total. The van der Waals surface area contributed by atoms with Crippen molar-refractivity contribution in [2.24, 2.45) is 0 Å². The molecule has 0 aliphatic carbocycles. The van der Waals surface area contributed by atoms with E-state index in [2.05, 4.69) is 49.3 Å². The quantitative estimate of drug-likeness (QED) is 0.205. The van der Waals surface area contributed by atoms with E-state index in [1.165, 1.54) is 113 Å². The molecule has 0 saturated carbocycles. The third-order valence-corrected chi connectivity index (χ3v) is 4.41. The summed E-state index contributed by atoms with van der Waals surface area (Å²) in [7, 11) is 0. The molecule has 0 atom stereocenters. The molecule has 0 aliphatic rings. The van der Waals surface area contributed by atoms with Crippen molar-refractivity contribution in [2.75, 3.05) is 0 Å². The molecule has 0 rings (SSSR count). The maximum atomic E-state index is 2.29. The molecule has 0 aromatic heterocycles. The molecule has 0 nitrogen and oxygen atoms in total. The zero-order valence-corrected chi connectivity index (χ0v) is 16.7. The fraction of sp³-hybridized carbons (Fsp3) is 1.00. The number of hydrogen-bond donors (Lipinski definition) is 0. The summed E-state index contributed by atoms with van der Waals surface area (Å²) in [5.41, 5.74) is 0. The SMILES string of the molecule is [Li][CH2]CCC.[Li][CH2]CCCCCCCCCCCCCCC. The molecule has 22 heavy (non-hydrogen) atoms. The van der Waals surface area contributed by atoms with Crippen molar-refractivity contribution in [1.82, 2.24) is 0 Å². The number of unbranched alkanes of at least 4 members (excludes halogenated alkanes) is 14. The molecule has 0 heterocycles. The van der Waals surface area contributed by atoms with Gasteiger partial charge in [-0.2, -0.15) is 0 Å². The Kier molecular flexibility index (Phi) is 31.3. The minimum atomic E-state index is 1.34. The Bertz CT molecular complexity index is 144. The van der Waals surface area contributed by atoms with Crippen LogP contribution in [0.3, 0.4) is 0 Å². The van der Waals surface area contributed by atoms with Crippen molar-refractivity contribution < 1.29 is 0 Å². The van der Waals surface area contributed by atoms with E-state index < -0.39 is 0 Å². The Hall–Kier alpha value is 1.19. The van der Waals surface area contributed by atoms with Crippen LogP contribution in [0.1, 0.15) is 117 Å². The van der Waals surface area contributed by atoms with Gasteiger partial charge in [-0.1, -0.05) is 26.2 Å². The van der Waals surface area contributed by atoms with Gasteiger partial charge in [0.25, 0.3) is 0 Å². The first-order chi connectivity index (χ1) is 10.8. The third-order valence-electron chi connectivity index (χ3n) is 4.41. The maximum absolute atomic E-state index is 2.29. The predicted molar refractivity (Wildman–Crippen MR) is 106 cm³/mol. The molecular weight excluding hydrogens is 254 g/mol. The smallest absolute Gasteiger partial charge is 0.0654 e. The van der Waals surface area contributed by atoms with Gasteiger partial charge < -0.3 is 0 Å². The minimum Gasteiger partial charge on any atom is -0.0654 e. The van der Waals surface area contributed by atoms with Crippen LogP contribution in [-0.2, 0) is 0 Å². The van der Waals surface area contributed by atoms with Crippen LogP contribution >= 0.6 is 0 Å². The molecule has 0 bridgehead atoms. The van der Waals surface area contributed by atoms with Gasteiger partial charge in [0.2, 0.25) is 0 Å². The van der Waals surface area contributed by atoms with Crippen LogP contribution in [0.25, 0.3) is 0 Å². The molecule has 124 valence electrons. The molecule has 0 aromatic rings. The summed E-state index contributed by atoms with van der Waals surface area (Å²) < 4.78 is 0. The van der Waals surface area contributed by atoms with Gasteiger partial charge in [-0.3, -0.25) is 0 Å². The topological polar surface area (TPSA) is 0 Å². The average molecular weight is 296 g/mol. The van der Waals surface area contributed by atoms with Crippen molar-refractivity contribution in [1.29, 1.82) is 0 Å². The normalized spacial score (nSPS) is 10.5. The second-order valence-corrected chi connectivity index (χ2v) is 6.95. The molecule has 0 unspecified atom stereocenters. The summed E-state index contributed by atoms with van der Waals surface area (Å²) in [6.45, 7) is 4.50. The standard InChI is InChI=1S/C16H33.C4H9.2Li/c1-3-5-7-9-11-13-15-16-14-12-10-8-6-4-2;1-3-4-2;;/h1,3-16H2,2H3;1,3-4H2,2H3;;. The first kappa shape index (κ1) is 25.4. The van der Waals surface area contributed by atoms with Crippen molar-refractivity contribution in [3.05, 3.63) is 0 Å². The second kappa shape index (κ2) is 27.1. The van der Waals surface area contributed by atoms with Crippen LogP contribution in [-0.4, -0.2) is 35.4 Å². The van der Waals surface area contributed by atoms with E-state index >= 15 is 0 Å². The number of rotatable bonds is 16. The summed E-state index contributed by atoms with van der Waals surface area (Å²) in [6, 6.07) is 0. The van der Waals surface area contributed by atoms with Crippen LogP contribution in [0.4, 0.5) is 0 Å². The Morgan fingerprint density at radius 2 is 0.636 bits per heavy atom. The molecule has 0 saturated heterocycles. The fourth-order valence-corrected chi connectivity index (χ4v) is 2.80. The summed E-state index contributed by atoms with van der Waals surface area (Å²) >= 11 is 4.50. The van der Waals surface area contributed by atoms with Crippen LogP contribution < -0.4 is 0 Å². The predicted octanol–water partition coefficient (Wildman–Crippen LogP) is 7.43. The van der Waals surface area contributed by atoms with E-state index in [0.29, 0.717) is 0 Å². The summed E-state index contributed by atoms with van der Waals surface area (Å²) in [6.07, 6.45) is 23.3. The van der Waals surface area contributed by atoms with Crippen molar-refractivity contribution in [3.8, 4) is 0 Å². The van der Waals surface area contributed by atoms with Crippen LogP contribution in [0.2, 0.25) is 10.2 Å². The van der Waals surface area contributed by atoms with Gasteiger partial charge in [-0.25, -0.2) is 0 Å². The van der Waals surface area contributed by atoms with Gasteiger partial charge in [0.05, 0.1) is 0 Å². The molecule has 0 spiro atoms. The van der Waals surface area contributed by atoms with Gasteiger partial charge in [-0.15, -0.1) is 0 Å². The van der Waals surface area contributed by atoms with E-state index in [4.69, 9.17) is 0 Å².